The molecule has 0 fully saturated rings. The van der Waals surface area contributed by atoms with Crippen molar-refractivity contribution in [2.75, 3.05) is 0 Å². The average Bonchev–Trinajstić information content (AvgIpc) is 3.08. The Bertz CT molecular complexity index is 1120. The summed E-state index contributed by atoms with van der Waals surface area (Å²) in [5.41, 5.74) is 7.09. The van der Waals surface area contributed by atoms with Crippen LogP contribution in [0.1, 0.15) is 10.5 Å². The number of nitrogens with one attached hydrogen (secondary N) is 2. The minimum Gasteiger partial charge on any atom is -0.271 e. The topological polar surface area (TPSA) is 102 Å². The Morgan fingerprint density at radius 2 is 1.65 bits per heavy atom. The minimum atomic E-state index is -0.493. The molecular weight excluding hydrogens is 332 g/mol. The van der Waals surface area contributed by atoms with Gasteiger partial charge in [0.1, 0.15) is 17.8 Å². The molecule has 2 heterocycles. The normalized spacial score (nSPS) is 10.8. The van der Waals surface area contributed by atoms with Gasteiger partial charge in [-0.2, -0.15) is 0 Å². The van der Waals surface area contributed by atoms with Crippen LogP contribution in [0.25, 0.3) is 21.9 Å². The van der Waals surface area contributed by atoms with Crippen molar-refractivity contribution in [3.05, 3.63) is 66.4 Å². The first-order valence-corrected chi connectivity index (χ1v) is 7.94. The number of para-hydroxylation sites is 2. The smallest absolute Gasteiger partial charge is 0.271 e. The van der Waals surface area contributed by atoms with Gasteiger partial charge >= 0.3 is 0 Å². The number of nitrogens with zero attached hydrogens (tertiary/aromatic N) is 4. The summed E-state index contributed by atoms with van der Waals surface area (Å²) in [6.45, 7) is -0.0635. The largest absolute Gasteiger partial charge is 0.288 e. The quantitative estimate of drug-likeness (QED) is 0.547. The molecule has 0 spiro atoms. The zero-order valence-electron chi connectivity index (χ0n) is 13.6. The molecule has 8 heteroatoms. The van der Waals surface area contributed by atoms with Crippen molar-refractivity contribution in [1.82, 2.24) is 30.8 Å². The fourth-order valence-corrected chi connectivity index (χ4v) is 2.59. The van der Waals surface area contributed by atoms with E-state index >= 15 is 0 Å². The number of carbonyl (C=O) groups is 2. The first kappa shape index (κ1) is 15.7. The first-order valence-electron chi connectivity index (χ1n) is 7.94. The number of rotatable bonds is 3. The molecule has 4 rings (SSSR count). The Kier molecular flexibility index (Phi) is 3.98. The molecule has 0 bridgehead atoms. The van der Waals surface area contributed by atoms with Crippen LogP contribution in [0.4, 0.5) is 0 Å². The van der Waals surface area contributed by atoms with E-state index in [4.69, 9.17) is 0 Å². The third-order valence-corrected chi connectivity index (χ3v) is 3.86. The number of hydrogen-bond acceptors (Lipinski definition) is 5. The number of pyridine rings is 1. The highest BCUT2D eigenvalue weighted by atomic mass is 16.2. The Balaban J connectivity index is 1.41. The summed E-state index contributed by atoms with van der Waals surface area (Å²) in [5, 5.41) is 8.85. The van der Waals surface area contributed by atoms with E-state index in [0.717, 1.165) is 10.9 Å². The van der Waals surface area contributed by atoms with Crippen molar-refractivity contribution in [3.63, 3.8) is 0 Å². The summed E-state index contributed by atoms with van der Waals surface area (Å²) in [5.74, 6) is -0.914. The predicted molar refractivity (Wildman–Crippen MR) is 94.9 cm³/mol. The van der Waals surface area contributed by atoms with E-state index in [-0.39, 0.29) is 12.2 Å². The van der Waals surface area contributed by atoms with Crippen LogP contribution in [0.15, 0.2) is 60.7 Å². The molecule has 2 aromatic heterocycles. The van der Waals surface area contributed by atoms with Gasteiger partial charge in [0.05, 0.1) is 11.0 Å². The van der Waals surface area contributed by atoms with Crippen molar-refractivity contribution < 1.29 is 9.59 Å². The molecule has 0 aliphatic rings. The van der Waals surface area contributed by atoms with Gasteiger partial charge in [-0.3, -0.25) is 20.4 Å². The number of carbonyl (C=O) groups excluding carboxylic acids is 2. The van der Waals surface area contributed by atoms with E-state index in [2.05, 4.69) is 26.1 Å². The molecule has 4 aromatic rings. The number of aromatic nitrogens is 4. The summed E-state index contributed by atoms with van der Waals surface area (Å²) < 4.78 is 1.46. The average molecular weight is 346 g/mol. The van der Waals surface area contributed by atoms with Crippen LogP contribution in [0, 0.1) is 0 Å². The van der Waals surface area contributed by atoms with Crippen molar-refractivity contribution >= 4 is 33.8 Å². The van der Waals surface area contributed by atoms with Crippen LogP contribution < -0.4 is 10.9 Å². The molecule has 0 saturated heterocycles. The summed E-state index contributed by atoms with van der Waals surface area (Å²) in [7, 11) is 0. The monoisotopic (exact) mass is 346 g/mol. The van der Waals surface area contributed by atoms with Crippen molar-refractivity contribution in [3.8, 4) is 0 Å². The van der Waals surface area contributed by atoms with Crippen LogP contribution in [0.3, 0.4) is 0 Å². The number of fused-ring (bicyclic) bond motifs is 2. The number of amides is 2. The SMILES string of the molecule is O=C(Cn1nnc2ccccc21)NNC(=O)c1ccc2ccccc2n1. The predicted octanol–water partition coefficient (Wildman–Crippen LogP) is 1.44. The fraction of sp³-hybridized carbons (Fsp3) is 0.0556. The highest BCUT2D eigenvalue weighted by Crippen LogP contribution is 2.11. The molecule has 2 aromatic carbocycles. The van der Waals surface area contributed by atoms with E-state index in [1.807, 2.05) is 48.5 Å². The van der Waals surface area contributed by atoms with Crippen LogP contribution >= 0.6 is 0 Å². The highest BCUT2D eigenvalue weighted by molar-refractivity contribution is 5.95. The Hall–Kier alpha value is -3.81. The molecule has 0 aliphatic carbocycles. The van der Waals surface area contributed by atoms with Gasteiger partial charge in [0.25, 0.3) is 11.8 Å². The molecule has 26 heavy (non-hydrogen) atoms. The maximum atomic E-state index is 12.2. The Morgan fingerprint density at radius 1 is 0.885 bits per heavy atom. The van der Waals surface area contributed by atoms with Gasteiger partial charge in [0.15, 0.2) is 0 Å². The summed E-state index contributed by atoms with van der Waals surface area (Å²) in [6.07, 6.45) is 0. The number of hydrazine groups is 1. The molecular formula is C18H14N6O2. The third-order valence-electron chi connectivity index (χ3n) is 3.86. The molecule has 2 amide bonds. The Labute approximate surface area is 147 Å². The van der Waals surface area contributed by atoms with Gasteiger partial charge in [-0.05, 0) is 24.3 Å². The lowest BCUT2D eigenvalue weighted by Crippen LogP contribution is -2.43. The van der Waals surface area contributed by atoms with Crippen molar-refractivity contribution in [2.24, 2.45) is 0 Å². The zero-order chi connectivity index (χ0) is 17.9. The van der Waals surface area contributed by atoms with E-state index in [9.17, 15) is 9.59 Å². The highest BCUT2D eigenvalue weighted by Gasteiger charge is 2.11. The van der Waals surface area contributed by atoms with Crippen LogP contribution in [-0.4, -0.2) is 31.8 Å². The molecule has 0 unspecified atom stereocenters. The molecule has 0 saturated carbocycles. The maximum absolute atomic E-state index is 12.2. The number of hydrogen-bond donors (Lipinski definition) is 2. The lowest BCUT2D eigenvalue weighted by molar-refractivity contribution is -0.122. The minimum absolute atomic E-state index is 0.0635. The molecule has 0 atom stereocenters. The van der Waals surface area contributed by atoms with E-state index in [1.54, 1.807) is 12.1 Å². The molecule has 0 radical (unpaired) electrons. The second kappa shape index (κ2) is 6.60. The zero-order valence-corrected chi connectivity index (χ0v) is 13.6. The molecule has 2 N–H and O–H groups in total. The van der Waals surface area contributed by atoms with Crippen molar-refractivity contribution in [1.29, 1.82) is 0 Å². The van der Waals surface area contributed by atoms with Gasteiger partial charge in [-0.15, -0.1) is 5.10 Å². The molecule has 128 valence electrons. The van der Waals surface area contributed by atoms with E-state index in [0.29, 0.717) is 11.0 Å². The lowest BCUT2D eigenvalue weighted by atomic mass is 10.2. The van der Waals surface area contributed by atoms with Crippen molar-refractivity contribution in [2.45, 2.75) is 6.54 Å². The molecule has 8 nitrogen and oxygen atoms in total. The van der Waals surface area contributed by atoms with Crippen LogP contribution in [0.2, 0.25) is 0 Å². The van der Waals surface area contributed by atoms with Gasteiger partial charge in [0.2, 0.25) is 0 Å². The summed E-state index contributed by atoms with van der Waals surface area (Å²) in [6, 6.07) is 18.2. The van der Waals surface area contributed by atoms with Crippen LogP contribution in [0.5, 0.6) is 0 Å². The van der Waals surface area contributed by atoms with Gasteiger partial charge < -0.3 is 0 Å². The Morgan fingerprint density at radius 3 is 2.54 bits per heavy atom. The third kappa shape index (κ3) is 3.07. The van der Waals surface area contributed by atoms with Gasteiger partial charge in [-0.25, -0.2) is 9.67 Å². The van der Waals surface area contributed by atoms with Gasteiger partial charge in [-0.1, -0.05) is 41.6 Å². The van der Waals surface area contributed by atoms with E-state index < -0.39 is 11.8 Å². The second-order valence-electron chi connectivity index (χ2n) is 5.63. The number of benzene rings is 2. The second-order valence-corrected chi connectivity index (χ2v) is 5.63. The molecule has 0 aliphatic heterocycles. The maximum Gasteiger partial charge on any atom is 0.288 e. The van der Waals surface area contributed by atoms with E-state index in [1.165, 1.54) is 4.68 Å². The first-order chi connectivity index (χ1) is 12.7. The summed E-state index contributed by atoms with van der Waals surface area (Å²) in [4.78, 5) is 28.5. The van der Waals surface area contributed by atoms with Crippen LogP contribution in [-0.2, 0) is 11.3 Å². The fourth-order valence-electron chi connectivity index (χ4n) is 2.59. The van der Waals surface area contributed by atoms with Gasteiger partial charge in [0, 0.05) is 5.39 Å². The summed E-state index contributed by atoms with van der Waals surface area (Å²) >= 11 is 0. The lowest BCUT2D eigenvalue weighted by Gasteiger charge is -2.08. The standard InChI is InChI=1S/C18H14N6O2/c25-17(11-24-16-8-4-3-7-14(16)20-23-24)21-22-18(26)15-10-9-12-5-1-2-6-13(12)19-15/h1-10H,11H2,(H,21,25)(H,22,26).